The zero-order chi connectivity index (χ0) is 20.1. The zero-order valence-electron chi connectivity index (χ0n) is 16.7. The Morgan fingerprint density at radius 1 is 1.14 bits per heavy atom. The fraction of sp³-hybridized carbons (Fsp3) is 0.579. The highest BCUT2D eigenvalue weighted by Crippen LogP contribution is 2.32. The van der Waals surface area contributed by atoms with Crippen LogP contribution in [0.4, 0.5) is 0 Å². The van der Waals surface area contributed by atoms with Crippen LogP contribution in [0, 0.1) is 6.92 Å². The minimum Gasteiger partial charge on any atom is -0.493 e. The van der Waals surface area contributed by atoms with Gasteiger partial charge >= 0.3 is 0 Å². The molecule has 1 heterocycles. The first-order valence-electron chi connectivity index (χ1n) is 9.59. The van der Waals surface area contributed by atoms with Gasteiger partial charge in [-0.05, 0) is 44.0 Å². The summed E-state index contributed by atoms with van der Waals surface area (Å²) >= 11 is 1.65. The van der Waals surface area contributed by atoms with Crippen LogP contribution in [0.1, 0.15) is 44.0 Å². The standard InChI is InChI=1S/C19H28N4O3S2/c1-15-20-21-19(23(15)16-7-5-4-6-8-16)27-14-13-26-17-9-11-18(12-10-17)28(24,25)22(2)3/h9-12,16H,4-8,13-14H2,1-3H3. The van der Waals surface area contributed by atoms with Gasteiger partial charge in [0.15, 0.2) is 5.16 Å². The molecule has 0 radical (unpaired) electrons. The third-order valence-corrected chi connectivity index (χ3v) is 7.70. The topological polar surface area (TPSA) is 77.3 Å². The average Bonchev–Trinajstić information content (AvgIpc) is 3.06. The van der Waals surface area contributed by atoms with E-state index in [2.05, 4.69) is 14.8 Å². The van der Waals surface area contributed by atoms with Gasteiger partial charge in [-0.15, -0.1) is 10.2 Å². The molecule has 0 saturated heterocycles. The molecule has 28 heavy (non-hydrogen) atoms. The molecule has 7 nitrogen and oxygen atoms in total. The van der Waals surface area contributed by atoms with E-state index in [1.54, 1.807) is 36.0 Å². The normalized spacial score (nSPS) is 15.9. The first-order chi connectivity index (χ1) is 13.4. The number of benzene rings is 1. The van der Waals surface area contributed by atoms with Crippen LogP contribution in [-0.4, -0.2) is 53.9 Å². The Labute approximate surface area is 171 Å². The van der Waals surface area contributed by atoms with E-state index in [1.165, 1.54) is 50.5 Å². The minimum absolute atomic E-state index is 0.260. The lowest BCUT2D eigenvalue weighted by atomic mass is 9.95. The van der Waals surface area contributed by atoms with Crippen molar-refractivity contribution in [3.63, 3.8) is 0 Å². The molecule has 9 heteroatoms. The summed E-state index contributed by atoms with van der Waals surface area (Å²) in [5.74, 6) is 2.39. The van der Waals surface area contributed by atoms with Crippen LogP contribution < -0.4 is 4.74 Å². The highest BCUT2D eigenvalue weighted by Gasteiger charge is 2.21. The molecule has 1 aromatic heterocycles. The molecular formula is C19H28N4O3S2. The van der Waals surface area contributed by atoms with Gasteiger partial charge in [-0.3, -0.25) is 0 Å². The number of sulfonamides is 1. The summed E-state index contributed by atoms with van der Waals surface area (Å²) in [7, 11) is -0.375. The zero-order valence-corrected chi connectivity index (χ0v) is 18.3. The molecule has 0 unspecified atom stereocenters. The third-order valence-electron chi connectivity index (χ3n) is 4.96. The lowest BCUT2D eigenvalue weighted by Gasteiger charge is -2.25. The lowest BCUT2D eigenvalue weighted by molar-refractivity contribution is 0.330. The molecule has 0 N–H and O–H groups in total. The van der Waals surface area contributed by atoms with E-state index in [-0.39, 0.29) is 4.90 Å². The number of aromatic nitrogens is 3. The maximum atomic E-state index is 12.1. The highest BCUT2D eigenvalue weighted by atomic mass is 32.2. The van der Waals surface area contributed by atoms with Crippen LogP contribution in [0.2, 0.25) is 0 Å². The predicted molar refractivity (Wildman–Crippen MR) is 110 cm³/mol. The van der Waals surface area contributed by atoms with Gasteiger partial charge in [-0.25, -0.2) is 12.7 Å². The molecule has 0 amide bonds. The summed E-state index contributed by atoms with van der Waals surface area (Å²) < 4.78 is 33.4. The Hall–Kier alpha value is -1.58. The van der Waals surface area contributed by atoms with Crippen molar-refractivity contribution in [2.75, 3.05) is 26.5 Å². The van der Waals surface area contributed by atoms with Crippen LogP contribution in [-0.2, 0) is 10.0 Å². The van der Waals surface area contributed by atoms with Crippen molar-refractivity contribution in [2.45, 2.75) is 55.1 Å². The highest BCUT2D eigenvalue weighted by molar-refractivity contribution is 7.99. The maximum absolute atomic E-state index is 12.1. The van der Waals surface area contributed by atoms with E-state index >= 15 is 0 Å². The largest absolute Gasteiger partial charge is 0.493 e. The first kappa shape index (κ1) is 21.1. The quantitative estimate of drug-likeness (QED) is 0.477. The van der Waals surface area contributed by atoms with Gasteiger partial charge in [0.25, 0.3) is 0 Å². The van der Waals surface area contributed by atoms with Crippen molar-refractivity contribution in [1.82, 2.24) is 19.1 Å². The van der Waals surface area contributed by atoms with Gasteiger partial charge < -0.3 is 9.30 Å². The number of hydrogen-bond acceptors (Lipinski definition) is 6. The Balaban J connectivity index is 1.53. The van der Waals surface area contributed by atoms with E-state index < -0.39 is 10.0 Å². The van der Waals surface area contributed by atoms with Crippen LogP contribution in [0.3, 0.4) is 0 Å². The molecule has 1 saturated carbocycles. The Bertz CT molecular complexity index is 873. The molecule has 0 aliphatic heterocycles. The third kappa shape index (κ3) is 4.87. The van der Waals surface area contributed by atoms with Crippen molar-refractivity contribution in [1.29, 1.82) is 0 Å². The molecule has 1 aliphatic rings. The van der Waals surface area contributed by atoms with Crippen LogP contribution in [0.25, 0.3) is 0 Å². The Kier molecular flexibility index (Phi) is 7.00. The molecule has 1 fully saturated rings. The Morgan fingerprint density at radius 2 is 1.82 bits per heavy atom. The molecule has 2 aromatic rings. The van der Waals surface area contributed by atoms with Gasteiger partial charge in [0, 0.05) is 25.9 Å². The van der Waals surface area contributed by atoms with Crippen molar-refractivity contribution in [2.24, 2.45) is 0 Å². The van der Waals surface area contributed by atoms with Crippen LogP contribution >= 0.6 is 11.8 Å². The fourth-order valence-electron chi connectivity index (χ4n) is 3.42. The van der Waals surface area contributed by atoms with Crippen LogP contribution in [0.5, 0.6) is 5.75 Å². The van der Waals surface area contributed by atoms with Gasteiger partial charge in [-0.1, -0.05) is 31.0 Å². The Morgan fingerprint density at radius 3 is 2.46 bits per heavy atom. The lowest BCUT2D eigenvalue weighted by Crippen LogP contribution is -2.22. The molecule has 0 atom stereocenters. The summed E-state index contributed by atoms with van der Waals surface area (Å²) in [5.41, 5.74) is 0. The molecular weight excluding hydrogens is 396 g/mol. The molecule has 0 spiro atoms. The summed E-state index contributed by atoms with van der Waals surface area (Å²) in [5, 5.41) is 9.56. The monoisotopic (exact) mass is 424 g/mol. The van der Waals surface area contributed by atoms with E-state index in [0.717, 1.165) is 16.7 Å². The second-order valence-electron chi connectivity index (χ2n) is 7.15. The van der Waals surface area contributed by atoms with Crippen LogP contribution in [0.15, 0.2) is 34.3 Å². The molecule has 1 aromatic carbocycles. The number of hydrogen-bond donors (Lipinski definition) is 0. The molecule has 0 bridgehead atoms. The van der Waals surface area contributed by atoms with E-state index in [4.69, 9.17) is 4.74 Å². The van der Waals surface area contributed by atoms with E-state index in [0.29, 0.717) is 18.4 Å². The van der Waals surface area contributed by atoms with Crippen molar-refractivity contribution in [3.05, 3.63) is 30.1 Å². The molecule has 154 valence electrons. The average molecular weight is 425 g/mol. The summed E-state index contributed by atoms with van der Waals surface area (Å²) in [6.45, 7) is 2.53. The molecule has 1 aliphatic carbocycles. The summed E-state index contributed by atoms with van der Waals surface area (Å²) in [6.07, 6.45) is 6.27. The van der Waals surface area contributed by atoms with Gasteiger partial charge in [-0.2, -0.15) is 0 Å². The molecule has 3 rings (SSSR count). The van der Waals surface area contributed by atoms with Crippen molar-refractivity contribution >= 4 is 21.8 Å². The van der Waals surface area contributed by atoms with E-state index in [1.807, 2.05) is 6.92 Å². The number of aryl methyl sites for hydroxylation is 1. The second-order valence-corrected chi connectivity index (χ2v) is 10.4. The fourth-order valence-corrected chi connectivity index (χ4v) is 5.19. The van der Waals surface area contributed by atoms with Crippen molar-refractivity contribution in [3.8, 4) is 5.75 Å². The minimum atomic E-state index is -3.41. The van der Waals surface area contributed by atoms with Gasteiger partial charge in [0.2, 0.25) is 10.0 Å². The van der Waals surface area contributed by atoms with Gasteiger partial charge in [0.05, 0.1) is 11.5 Å². The predicted octanol–water partition coefficient (Wildman–Crippen LogP) is 3.51. The number of ether oxygens (including phenoxy) is 1. The van der Waals surface area contributed by atoms with Gasteiger partial charge in [0.1, 0.15) is 11.6 Å². The van der Waals surface area contributed by atoms with E-state index in [9.17, 15) is 8.42 Å². The second kappa shape index (κ2) is 9.28. The SMILES string of the molecule is Cc1nnc(SCCOc2ccc(S(=O)(=O)N(C)C)cc2)n1C1CCCCC1. The number of rotatable bonds is 8. The summed E-state index contributed by atoms with van der Waals surface area (Å²) in [6, 6.07) is 7.03. The number of nitrogens with zero attached hydrogens (tertiary/aromatic N) is 4. The smallest absolute Gasteiger partial charge is 0.242 e. The number of thioether (sulfide) groups is 1. The maximum Gasteiger partial charge on any atom is 0.242 e. The summed E-state index contributed by atoms with van der Waals surface area (Å²) in [4.78, 5) is 0.260. The van der Waals surface area contributed by atoms with Crippen molar-refractivity contribution < 1.29 is 13.2 Å². The first-order valence-corrected chi connectivity index (χ1v) is 12.0.